The van der Waals surface area contributed by atoms with Gasteiger partial charge >= 0.3 is 5.97 Å². The van der Waals surface area contributed by atoms with E-state index in [1.54, 1.807) is 13.2 Å². The van der Waals surface area contributed by atoms with Crippen molar-refractivity contribution in [3.05, 3.63) is 29.3 Å². The molecule has 1 amide bonds. The summed E-state index contributed by atoms with van der Waals surface area (Å²) in [6.45, 7) is 5.90. The normalized spacial score (nSPS) is 21.7. The van der Waals surface area contributed by atoms with E-state index in [9.17, 15) is 9.59 Å². The molecule has 0 N–H and O–H groups in total. The standard InChI is InChI=1S/C22H29NO4/c1-22(2,3)21(25)23-17-9-7-6-8-15(17)16-12-14(10-11-20(24)27-5)19(26-4)13-18(16)23/h10-13,15,17H,6-9H2,1-5H3/b11-10+/t15-,17-/m0/s1. The molecule has 0 saturated heterocycles. The molecular weight excluding hydrogens is 342 g/mol. The van der Waals surface area contributed by atoms with Crippen molar-refractivity contribution in [3.8, 4) is 5.75 Å². The molecular formula is C22H29NO4. The smallest absolute Gasteiger partial charge is 0.330 e. The molecule has 0 radical (unpaired) electrons. The van der Waals surface area contributed by atoms with Gasteiger partial charge in [-0.2, -0.15) is 0 Å². The predicted molar refractivity (Wildman–Crippen MR) is 106 cm³/mol. The molecule has 1 aliphatic heterocycles. The van der Waals surface area contributed by atoms with Gasteiger partial charge in [0.1, 0.15) is 5.75 Å². The highest BCUT2D eigenvalue weighted by atomic mass is 16.5. The SMILES string of the molecule is COC(=O)/C=C/c1cc2c(cc1OC)N(C(=O)C(C)(C)C)[C@H]1CCCC[C@@H]21. The summed E-state index contributed by atoms with van der Waals surface area (Å²) in [7, 11) is 2.96. The van der Waals surface area contributed by atoms with Crippen LogP contribution in [0.15, 0.2) is 18.2 Å². The van der Waals surface area contributed by atoms with Gasteiger partial charge in [0.2, 0.25) is 5.91 Å². The molecule has 1 aromatic rings. The van der Waals surface area contributed by atoms with E-state index in [1.807, 2.05) is 31.7 Å². The van der Waals surface area contributed by atoms with Gasteiger partial charge in [0.05, 0.1) is 19.9 Å². The van der Waals surface area contributed by atoms with Crippen LogP contribution in [0, 0.1) is 5.41 Å². The van der Waals surface area contributed by atoms with E-state index in [-0.39, 0.29) is 11.9 Å². The van der Waals surface area contributed by atoms with E-state index in [0.29, 0.717) is 11.7 Å². The van der Waals surface area contributed by atoms with Gasteiger partial charge in [0.25, 0.3) is 0 Å². The topological polar surface area (TPSA) is 55.8 Å². The second-order valence-corrected chi connectivity index (χ2v) is 8.39. The van der Waals surface area contributed by atoms with E-state index in [1.165, 1.54) is 25.2 Å². The first kappa shape index (κ1) is 19.5. The van der Waals surface area contributed by atoms with Crippen molar-refractivity contribution in [2.75, 3.05) is 19.1 Å². The molecule has 1 aromatic carbocycles. The Balaban J connectivity index is 2.10. The van der Waals surface area contributed by atoms with Crippen LogP contribution in [0.3, 0.4) is 0 Å². The minimum atomic E-state index is -0.444. The molecule has 0 aromatic heterocycles. The zero-order valence-electron chi connectivity index (χ0n) is 16.9. The van der Waals surface area contributed by atoms with Crippen LogP contribution in [0.5, 0.6) is 5.75 Å². The zero-order valence-corrected chi connectivity index (χ0v) is 16.9. The van der Waals surface area contributed by atoms with Crippen molar-refractivity contribution < 1.29 is 19.1 Å². The molecule has 0 bridgehead atoms. The number of rotatable bonds is 3. The number of ether oxygens (including phenoxy) is 2. The lowest BCUT2D eigenvalue weighted by molar-refractivity contribution is -0.134. The maximum absolute atomic E-state index is 13.2. The van der Waals surface area contributed by atoms with Crippen molar-refractivity contribution in [1.29, 1.82) is 0 Å². The number of esters is 1. The van der Waals surface area contributed by atoms with Crippen LogP contribution in [-0.4, -0.2) is 32.1 Å². The van der Waals surface area contributed by atoms with Crippen LogP contribution in [-0.2, 0) is 14.3 Å². The largest absolute Gasteiger partial charge is 0.496 e. The second kappa shape index (κ2) is 7.37. The van der Waals surface area contributed by atoms with E-state index in [0.717, 1.165) is 30.5 Å². The molecule has 146 valence electrons. The minimum absolute atomic E-state index is 0.151. The number of benzene rings is 1. The number of hydrogen-bond acceptors (Lipinski definition) is 4. The molecule has 0 unspecified atom stereocenters. The van der Waals surface area contributed by atoms with E-state index in [4.69, 9.17) is 9.47 Å². The van der Waals surface area contributed by atoms with Gasteiger partial charge in [0, 0.05) is 35.1 Å². The summed E-state index contributed by atoms with van der Waals surface area (Å²) in [5.41, 5.74) is 2.53. The predicted octanol–water partition coefficient (Wildman–Crippen LogP) is 4.30. The van der Waals surface area contributed by atoms with E-state index in [2.05, 4.69) is 6.07 Å². The van der Waals surface area contributed by atoms with Gasteiger partial charge in [-0.05, 0) is 30.5 Å². The Morgan fingerprint density at radius 1 is 1.15 bits per heavy atom. The molecule has 1 aliphatic carbocycles. The Bertz CT molecular complexity index is 775. The minimum Gasteiger partial charge on any atom is -0.496 e. The maximum atomic E-state index is 13.2. The number of carbonyl (C=O) groups excluding carboxylic acids is 2. The molecule has 1 heterocycles. The molecule has 3 rings (SSSR count). The summed E-state index contributed by atoms with van der Waals surface area (Å²) in [6, 6.07) is 4.24. The third-order valence-corrected chi connectivity index (χ3v) is 5.56. The van der Waals surface area contributed by atoms with Gasteiger partial charge in [-0.25, -0.2) is 4.79 Å². The first-order valence-corrected chi connectivity index (χ1v) is 9.59. The molecule has 0 spiro atoms. The van der Waals surface area contributed by atoms with Gasteiger partial charge in [0.15, 0.2) is 0 Å². The third-order valence-electron chi connectivity index (χ3n) is 5.56. The van der Waals surface area contributed by atoms with Gasteiger partial charge in [-0.15, -0.1) is 0 Å². The quantitative estimate of drug-likeness (QED) is 0.587. The maximum Gasteiger partial charge on any atom is 0.330 e. The molecule has 27 heavy (non-hydrogen) atoms. The van der Waals surface area contributed by atoms with Crippen LogP contribution in [0.2, 0.25) is 0 Å². The number of anilines is 1. The van der Waals surface area contributed by atoms with Crippen LogP contribution in [0.1, 0.15) is 63.5 Å². The second-order valence-electron chi connectivity index (χ2n) is 8.39. The molecule has 1 saturated carbocycles. The number of carbonyl (C=O) groups is 2. The Morgan fingerprint density at radius 3 is 2.48 bits per heavy atom. The average molecular weight is 371 g/mol. The molecule has 5 nitrogen and oxygen atoms in total. The van der Waals surface area contributed by atoms with Gasteiger partial charge in [-0.3, -0.25) is 4.79 Å². The lowest BCUT2D eigenvalue weighted by Crippen LogP contribution is -2.45. The summed E-state index contributed by atoms with van der Waals surface area (Å²) < 4.78 is 10.3. The van der Waals surface area contributed by atoms with E-state index < -0.39 is 11.4 Å². The first-order chi connectivity index (χ1) is 12.8. The third kappa shape index (κ3) is 3.60. The lowest BCUT2D eigenvalue weighted by atomic mass is 9.81. The number of amides is 1. The van der Waals surface area contributed by atoms with Crippen molar-refractivity contribution in [3.63, 3.8) is 0 Å². The molecule has 2 aliphatic rings. The van der Waals surface area contributed by atoms with Crippen LogP contribution < -0.4 is 9.64 Å². The number of hydrogen-bond donors (Lipinski definition) is 0. The summed E-state index contributed by atoms with van der Waals surface area (Å²) in [6.07, 6.45) is 7.55. The fourth-order valence-corrected chi connectivity index (χ4v) is 4.23. The Hall–Kier alpha value is -2.30. The Kier molecular flexibility index (Phi) is 5.31. The van der Waals surface area contributed by atoms with Crippen molar-refractivity contribution in [1.82, 2.24) is 0 Å². The first-order valence-electron chi connectivity index (χ1n) is 9.59. The summed E-state index contributed by atoms with van der Waals surface area (Å²) in [4.78, 5) is 26.7. The fourth-order valence-electron chi connectivity index (χ4n) is 4.23. The summed E-state index contributed by atoms with van der Waals surface area (Å²) >= 11 is 0. The Labute approximate surface area is 161 Å². The number of fused-ring (bicyclic) bond motifs is 3. The van der Waals surface area contributed by atoms with Gasteiger partial charge in [-0.1, -0.05) is 33.6 Å². The fraction of sp³-hybridized carbons (Fsp3) is 0.545. The van der Waals surface area contributed by atoms with Crippen molar-refractivity contribution in [2.45, 2.75) is 58.4 Å². The van der Waals surface area contributed by atoms with E-state index >= 15 is 0 Å². The average Bonchev–Trinajstić information content (AvgIpc) is 2.97. The Morgan fingerprint density at radius 2 is 1.85 bits per heavy atom. The highest BCUT2D eigenvalue weighted by Crippen LogP contribution is 2.51. The molecule has 1 fully saturated rings. The van der Waals surface area contributed by atoms with Crippen LogP contribution in [0.25, 0.3) is 6.08 Å². The number of nitrogens with zero attached hydrogens (tertiary/aromatic N) is 1. The summed E-state index contributed by atoms with van der Waals surface area (Å²) in [5.74, 6) is 0.742. The van der Waals surface area contributed by atoms with Crippen molar-refractivity contribution in [2.24, 2.45) is 5.41 Å². The van der Waals surface area contributed by atoms with Gasteiger partial charge < -0.3 is 14.4 Å². The molecule has 5 heteroatoms. The lowest BCUT2D eigenvalue weighted by Gasteiger charge is -2.35. The zero-order chi connectivity index (χ0) is 19.8. The highest BCUT2D eigenvalue weighted by molar-refractivity contribution is 6.00. The van der Waals surface area contributed by atoms with Crippen molar-refractivity contribution >= 4 is 23.6 Å². The molecule has 2 atom stereocenters. The summed E-state index contributed by atoms with van der Waals surface area (Å²) in [5, 5.41) is 0. The van der Waals surface area contributed by atoms with Crippen LogP contribution in [0.4, 0.5) is 5.69 Å². The highest BCUT2D eigenvalue weighted by Gasteiger charge is 2.45. The number of methoxy groups -OCH3 is 2. The monoisotopic (exact) mass is 371 g/mol. The van der Waals surface area contributed by atoms with Crippen LogP contribution >= 0.6 is 0 Å².